The summed E-state index contributed by atoms with van der Waals surface area (Å²) in [7, 11) is 3.12. The van der Waals surface area contributed by atoms with Crippen LogP contribution in [0.1, 0.15) is 24.1 Å². The summed E-state index contributed by atoms with van der Waals surface area (Å²) in [5.41, 5.74) is 2.01. The lowest BCUT2D eigenvalue weighted by Crippen LogP contribution is -2.28. The molecule has 0 aliphatic carbocycles. The van der Waals surface area contributed by atoms with Gasteiger partial charge in [0.1, 0.15) is 11.6 Å². The predicted octanol–water partition coefficient (Wildman–Crippen LogP) is 3.88. The van der Waals surface area contributed by atoms with E-state index in [0.29, 0.717) is 18.0 Å². The number of benzene rings is 2. The van der Waals surface area contributed by atoms with Gasteiger partial charge in [0.15, 0.2) is 11.5 Å². The number of amides is 1. The summed E-state index contributed by atoms with van der Waals surface area (Å²) in [5, 5.41) is 15.2. The molecule has 0 heterocycles. The van der Waals surface area contributed by atoms with Crippen LogP contribution >= 0.6 is 15.9 Å². The molecule has 29 heavy (non-hydrogen) atoms. The number of nitriles is 1. The van der Waals surface area contributed by atoms with Crippen LogP contribution in [-0.2, 0) is 11.2 Å². The van der Waals surface area contributed by atoms with Crippen molar-refractivity contribution in [2.45, 2.75) is 19.4 Å². The van der Waals surface area contributed by atoms with Gasteiger partial charge in [0.25, 0.3) is 5.91 Å². The van der Waals surface area contributed by atoms with Crippen LogP contribution in [0.5, 0.6) is 11.5 Å². The van der Waals surface area contributed by atoms with Gasteiger partial charge in [-0.3, -0.25) is 4.79 Å². The first-order valence-corrected chi connectivity index (χ1v) is 9.89. The molecule has 1 amide bonds. The third-order valence-corrected chi connectivity index (χ3v) is 5.14. The lowest BCUT2D eigenvalue weighted by Gasteiger charge is -2.16. The minimum atomic E-state index is -0.442. The number of hydrogen-bond donors (Lipinski definition) is 2. The Bertz CT molecular complexity index is 922. The van der Waals surface area contributed by atoms with Crippen molar-refractivity contribution in [2.75, 3.05) is 20.8 Å². The second kappa shape index (κ2) is 11.1. The van der Waals surface area contributed by atoms with E-state index in [1.54, 1.807) is 26.4 Å². The van der Waals surface area contributed by atoms with Gasteiger partial charge in [-0.2, -0.15) is 5.26 Å². The fraction of sp³-hybridized carbons (Fsp3) is 0.273. The van der Waals surface area contributed by atoms with Crippen molar-refractivity contribution < 1.29 is 14.3 Å². The SMILES string of the molecule is COc1ccc(C(C)NC(=O)/C(C#N)=C\NCCc2ccccc2Br)cc1OC. The van der Waals surface area contributed by atoms with Crippen molar-refractivity contribution in [1.29, 1.82) is 5.26 Å². The molecule has 0 fully saturated rings. The Morgan fingerprint density at radius 1 is 1.21 bits per heavy atom. The number of carbonyl (C=O) groups excluding carboxylic acids is 1. The highest BCUT2D eigenvalue weighted by molar-refractivity contribution is 9.10. The Balaban J connectivity index is 1.95. The molecule has 0 bridgehead atoms. The first-order chi connectivity index (χ1) is 14.0. The Hall–Kier alpha value is -2.98. The van der Waals surface area contributed by atoms with Crippen molar-refractivity contribution in [3.63, 3.8) is 0 Å². The van der Waals surface area contributed by atoms with Gasteiger partial charge in [0.05, 0.1) is 20.3 Å². The molecule has 1 unspecified atom stereocenters. The number of rotatable bonds is 9. The molecular weight excluding hydrogens is 434 g/mol. The van der Waals surface area contributed by atoms with Crippen molar-refractivity contribution in [3.8, 4) is 17.6 Å². The number of ether oxygens (including phenoxy) is 2. The number of nitrogens with one attached hydrogen (secondary N) is 2. The molecule has 0 aliphatic heterocycles. The Kier molecular flexibility index (Phi) is 8.56. The number of halogens is 1. The lowest BCUT2D eigenvalue weighted by atomic mass is 10.1. The zero-order valence-corrected chi connectivity index (χ0v) is 18.2. The summed E-state index contributed by atoms with van der Waals surface area (Å²) in [6.45, 7) is 2.45. The van der Waals surface area contributed by atoms with Crippen molar-refractivity contribution >= 4 is 21.8 Å². The summed E-state index contributed by atoms with van der Waals surface area (Å²) < 4.78 is 11.6. The summed E-state index contributed by atoms with van der Waals surface area (Å²) in [4.78, 5) is 12.4. The number of nitrogens with zero attached hydrogens (tertiary/aromatic N) is 1. The van der Waals surface area contributed by atoms with Gasteiger partial charge in [0, 0.05) is 17.2 Å². The highest BCUT2D eigenvalue weighted by atomic mass is 79.9. The maximum atomic E-state index is 12.4. The van der Waals surface area contributed by atoms with Crippen LogP contribution in [0.15, 0.2) is 58.7 Å². The molecule has 6 nitrogen and oxygen atoms in total. The molecule has 0 aromatic heterocycles. The normalized spacial score (nSPS) is 11.9. The molecular formula is C22H24BrN3O3. The van der Waals surface area contributed by atoms with Crippen LogP contribution in [0.4, 0.5) is 0 Å². The van der Waals surface area contributed by atoms with Crippen LogP contribution in [0, 0.1) is 11.3 Å². The summed E-state index contributed by atoms with van der Waals surface area (Å²) in [6, 6.07) is 15.0. The van der Waals surface area contributed by atoms with E-state index in [-0.39, 0.29) is 11.6 Å². The standard InChI is InChI=1S/C22H24BrN3O3/c1-15(17-8-9-20(28-2)21(12-17)29-3)26-22(27)18(13-24)14-25-11-10-16-6-4-5-7-19(16)23/h4-9,12,14-15,25H,10-11H2,1-3H3,(H,26,27)/b18-14-. The number of methoxy groups -OCH3 is 2. The van der Waals surface area contributed by atoms with Gasteiger partial charge in [0.2, 0.25) is 0 Å². The van der Waals surface area contributed by atoms with Crippen molar-refractivity contribution in [2.24, 2.45) is 0 Å². The minimum absolute atomic E-state index is 0.0180. The van der Waals surface area contributed by atoms with Crippen LogP contribution in [0.3, 0.4) is 0 Å². The van der Waals surface area contributed by atoms with E-state index >= 15 is 0 Å². The van der Waals surface area contributed by atoms with Gasteiger partial charge >= 0.3 is 0 Å². The fourth-order valence-electron chi connectivity index (χ4n) is 2.71. The van der Waals surface area contributed by atoms with E-state index in [9.17, 15) is 10.1 Å². The Morgan fingerprint density at radius 3 is 2.59 bits per heavy atom. The molecule has 0 aliphatic rings. The van der Waals surface area contributed by atoms with E-state index in [0.717, 1.165) is 22.0 Å². The van der Waals surface area contributed by atoms with Crippen molar-refractivity contribution in [1.82, 2.24) is 10.6 Å². The first-order valence-electron chi connectivity index (χ1n) is 9.10. The highest BCUT2D eigenvalue weighted by Gasteiger charge is 2.15. The monoisotopic (exact) mass is 457 g/mol. The fourth-order valence-corrected chi connectivity index (χ4v) is 3.19. The van der Waals surface area contributed by atoms with Gasteiger partial charge < -0.3 is 20.1 Å². The highest BCUT2D eigenvalue weighted by Crippen LogP contribution is 2.29. The van der Waals surface area contributed by atoms with Crippen LogP contribution < -0.4 is 20.1 Å². The quantitative estimate of drug-likeness (QED) is 0.339. The number of hydrogen-bond acceptors (Lipinski definition) is 5. The van der Waals surface area contributed by atoms with E-state index in [2.05, 4.69) is 26.6 Å². The predicted molar refractivity (Wildman–Crippen MR) is 116 cm³/mol. The summed E-state index contributed by atoms with van der Waals surface area (Å²) in [5.74, 6) is 0.751. The Morgan fingerprint density at radius 2 is 1.93 bits per heavy atom. The smallest absolute Gasteiger partial charge is 0.263 e. The topological polar surface area (TPSA) is 83.4 Å². The lowest BCUT2D eigenvalue weighted by molar-refractivity contribution is -0.117. The maximum absolute atomic E-state index is 12.4. The minimum Gasteiger partial charge on any atom is -0.493 e. The van der Waals surface area contributed by atoms with Gasteiger partial charge in [-0.25, -0.2) is 0 Å². The molecule has 1 atom stereocenters. The van der Waals surface area contributed by atoms with E-state index in [1.807, 2.05) is 43.3 Å². The molecule has 0 saturated carbocycles. The zero-order valence-electron chi connectivity index (χ0n) is 16.7. The molecule has 0 radical (unpaired) electrons. The van der Waals surface area contributed by atoms with Gasteiger partial charge in [-0.1, -0.05) is 40.2 Å². The van der Waals surface area contributed by atoms with E-state index < -0.39 is 5.91 Å². The second-order valence-electron chi connectivity index (χ2n) is 6.27. The molecule has 2 N–H and O–H groups in total. The average molecular weight is 458 g/mol. The largest absolute Gasteiger partial charge is 0.493 e. The molecule has 152 valence electrons. The molecule has 2 rings (SSSR count). The van der Waals surface area contributed by atoms with Crippen LogP contribution in [0.25, 0.3) is 0 Å². The van der Waals surface area contributed by atoms with Crippen LogP contribution in [-0.4, -0.2) is 26.7 Å². The zero-order chi connectivity index (χ0) is 21.2. The second-order valence-corrected chi connectivity index (χ2v) is 7.13. The Labute approximate surface area is 179 Å². The summed E-state index contributed by atoms with van der Waals surface area (Å²) >= 11 is 3.51. The third-order valence-electron chi connectivity index (χ3n) is 4.36. The van der Waals surface area contributed by atoms with Crippen molar-refractivity contribution in [3.05, 3.63) is 69.8 Å². The van der Waals surface area contributed by atoms with Gasteiger partial charge in [-0.15, -0.1) is 0 Å². The maximum Gasteiger partial charge on any atom is 0.263 e. The molecule has 0 saturated heterocycles. The molecule has 7 heteroatoms. The van der Waals surface area contributed by atoms with E-state index in [4.69, 9.17) is 9.47 Å². The molecule has 2 aromatic carbocycles. The van der Waals surface area contributed by atoms with E-state index in [1.165, 1.54) is 6.20 Å². The summed E-state index contributed by atoms with van der Waals surface area (Å²) in [6.07, 6.45) is 2.22. The van der Waals surface area contributed by atoms with Gasteiger partial charge in [-0.05, 0) is 42.7 Å². The van der Waals surface area contributed by atoms with Crippen LogP contribution in [0.2, 0.25) is 0 Å². The average Bonchev–Trinajstić information content (AvgIpc) is 2.74. The molecule has 0 spiro atoms. The third kappa shape index (κ3) is 6.26. The first kappa shape index (κ1) is 22.3. The molecule has 2 aromatic rings. The number of carbonyl (C=O) groups is 1.